The van der Waals surface area contributed by atoms with Gasteiger partial charge >= 0.3 is 0 Å². The van der Waals surface area contributed by atoms with Crippen LogP contribution in [0.5, 0.6) is 5.75 Å². The van der Waals surface area contributed by atoms with Gasteiger partial charge in [-0.15, -0.1) is 0 Å². The van der Waals surface area contributed by atoms with Gasteiger partial charge in [-0.1, -0.05) is 30.3 Å². The summed E-state index contributed by atoms with van der Waals surface area (Å²) in [5.41, 5.74) is 3.61. The summed E-state index contributed by atoms with van der Waals surface area (Å²) in [4.78, 5) is 0. The second-order valence-electron chi connectivity index (χ2n) is 4.68. The molecule has 4 rings (SSSR count). The molecule has 0 amide bonds. The first-order valence-corrected chi connectivity index (χ1v) is 6.43. The van der Waals surface area contributed by atoms with Crippen LogP contribution in [0.25, 0.3) is 22.2 Å². The molecule has 2 nitrogen and oxygen atoms in total. The first kappa shape index (κ1) is 10.4. The highest BCUT2D eigenvalue weighted by molar-refractivity contribution is 5.88. The normalized spacial score (nSPS) is 13.3. The van der Waals surface area contributed by atoms with Crippen molar-refractivity contribution in [2.75, 3.05) is 0 Å². The van der Waals surface area contributed by atoms with Gasteiger partial charge in [0.15, 0.2) is 0 Å². The van der Waals surface area contributed by atoms with Gasteiger partial charge in [0, 0.05) is 23.0 Å². The van der Waals surface area contributed by atoms with E-state index in [-0.39, 0.29) is 0 Å². The number of hydrogen-bond donors (Lipinski definition) is 0. The molecule has 3 aromatic rings. The van der Waals surface area contributed by atoms with E-state index in [1.165, 1.54) is 16.6 Å². The molecule has 0 saturated heterocycles. The van der Waals surface area contributed by atoms with E-state index in [4.69, 9.17) is 4.74 Å². The van der Waals surface area contributed by atoms with E-state index in [2.05, 4.69) is 47.0 Å². The van der Waals surface area contributed by atoms with Crippen LogP contribution in [-0.4, -0.2) is 4.57 Å². The molecule has 2 heterocycles. The van der Waals surface area contributed by atoms with Gasteiger partial charge in [-0.3, -0.25) is 0 Å². The van der Waals surface area contributed by atoms with Crippen LogP contribution in [0, 0.1) is 0 Å². The van der Waals surface area contributed by atoms with Gasteiger partial charge in [0.25, 0.3) is 0 Å². The van der Waals surface area contributed by atoms with Crippen molar-refractivity contribution < 1.29 is 4.74 Å². The summed E-state index contributed by atoms with van der Waals surface area (Å²) >= 11 is 0. The van der Waals surface area contributed by atoms with Crippen molar-refractivity contribution >= 4 is 10.9 Å². The molecule has 0 bridgehead atoms. The third kappa shape index (κ3) is 1.57. The topological polar surface area (TPSA) is 14.2 Å². The Kier molecular flexibility index (Phi) is 2.21. The molecule has 0 spiro atoms. The predicted molar refractivity (Wildman–Crippen MR) is 77.1 cm³/mol. The zero-order valence-corrected chi connectivity index (χ0v) is 10.4. The number of aromatic nitrogens is 1. The second kappa shape index (κ2) is 4.02. The van der Waals surface area contributed by atoms with E-state index in [0.717, 1.165) is 17.9 Å². The fraction of sp³-hybridized carbons (Fsp3) is 0.0588. The number of ether oxygens (including phenoxy) is 1. The summed E-state index contributed by atoms with van der Waals surface area (Å²) in [5, 5.41) is 1.27. The quantitative estimate of drug-likeness (QED) is 0.580. The highest BCUT2D eigenvalue weighted by Crippen LogP contribution is 2.35. The highest BCUT2D eigenvalue weighted by Gasteiger charge is 2.14. The molecular formula is C17H13NO. The number of fused-ring (bicyclic) bond motifs is 5. The first-order chi connectivity index (χ1) is 9.43. The Balaban J connectivity index is 2.09. The Morgan fingerprint density at radius 2 is 1.79 bits per heavy atom. The lowest BCUT2D eigenvalue weighted by Gasteiger charge is -2.14. The number of nitrogens with zero attached hydrogens (tertiary/aromatic N) is 1. The van der Waals surface area contributed by atoms with Crippen LogP contribution in [0.2, 0.25) is 0 Å². The third-order valence-electron chi connectivity index (χ3n) is 3.55. The van der Waals surface area contributed by atoms with Crippen molar-refractivity contribution in [2.24, 2.45) is 0 Å². The minimum Gasteiger partial charge on any atom is -0.465 e. The zero-order valence-electron chi connectivity index (χ0n) is 10.4. The Hall–Kier alpha value is -2.48. The van der Waals surface area contributed by atoms with Crippen molar-refractivity contribution in [3.63, 3.8) is 0 Å². The number of allylic oxidation sites excluding steroid dienone is 1. The van der Waals surface area contributed by atoms with Gasteiger partial charge in [-0.2, -0.15) is 0 Å². The average Bonchev–Trinajstić information content (AvgIpc) is 2.79. The second-order valence-corrected chi connectivity index (χ2v) is 4.68. The molecule has 2 aromatic carbocycles. The highest BCUT2D eigenvalue weighted by atomic mass is 16.5. The molecular weight excluding hydrogens is 234 g/mol. The summed E-state index contributed by atoms with van der Waals surface area (Å²) in [7, 11) is 0. The lowest BCUT2D eigenvalue weighted by molar-refractivity contribution is 0.476. The van der Waals surface area contributed by atoms with Gasteiger partial charge in [-0.25, -0.2) is 0 Å². The van der Waals surface area contributed by atoms with Crippen molar-refractivity contribution in [1.82, 2.24) is 4.57 Å². The zero-order chi connectivity index (χ0) is 12.7. The van der Waals surface area contributed by atoms with E-state index in [1.807, 2.05) is 18.2 Å². The lowest BCUT2D eigenvalue weighted by atomic mass is 10.1. The molecule has 0 atom stereocenters. The van der Waals surface area contributed by atoms with Crippen LogP contribution in [-0.2, 0) is 6.54 Å². The maximum atomic E-state index is 5.69. The van der Waals surface area contributed by atoms with Crippen LogP contribution in [0.1, 0.15) is 0 Å². The van der Waals surface area contributed by atoms with Crippen LogP contribution in [0.4, 0.5) is 0 Å². The van der Waals surface area contributed by atoms with E-state index in [9.17, 15) is 0 Å². The Labute approximate surface area is 111 Å². The minimum absolute atomic E-state index is 0.831. The summed E-state index contributed by atoms with van der Waals surface area (Å²) in [5.74, 6) is 0.905. The van der Waals surface area contributed by atoms with Crippen LogP contribution in [0.3, 0.4) is 0 Å². The van der Waals surface area contributed by atoms with Gasteiger partial charge in [0.2, 0.25) is 0 Å². The number of rotatable bonds is 0. The molecule has 0 aliphatic carbocycles. The molecule has 1 aromatic heterocycles. The molecule has 92 valence electrons. The van der Waals surface area contributed by atoms with Gasteiger partial charge in [0.05, 0.1) is 12.0 Å². The largest absolute Gasteiger partial charge is 0.465 e. The van der Waals surface area contributed by atoms with Gasteiger partial charge in [-0.05, 0) is 30.3 Å². The van der Waals surface area contributed by atoms with E-state index in [0.29, 0.717) is 0 Å². The summed E-state index contributed by atoms with van der Waals surface area (Å²) in [6.45, 7) is 0.831. The van der Waals surface area contributed by atoms with Crippen molar-refractivity contribution in [3.05, 3.63) is 66.9 Å². The predicted octanol–water partition coefficient (Wildman–Crippen LogP) is 4.21. The number of hydrogen-bond acceptors (Lipinski definition) is 1. The summed E-state index contributed by atoms with van der Waals surface area (Å²) in [6, 6.07) is 18.9. The molecule has 1 aliphatic heterocycles. The molecule has 0 saturated carbocycles. The Bertz CT molecular complexity index is 783. The number of benzene rings is 2. The molecule has 0 unspecified atom stereocenters. The van der Waals surface area contributed by atoms with Crippen molar-refractivity contribution in [2.45, 2.75) is 6.54 Å². The van der Waals surface area contributed by atoms with Crippen molar-refractivity contribution in [3.8, 4) is 17.0 Å². The molecule has 2 heteroatoms. The summed E-state index contributed by atoms with van der Waals surface area (Å²) in [6.07, 6.45) is 3.82. The van der Waals surface area contributed by atoms with E-state index in [1.54, 1.807) is 6.26 Å². The molecule has 19 heavy (non-hydrogen) atoms. The van der Waals surface area contributed by atoms with E-state index >= 15 is 0 Å². The summed E-state index contributed by atoms with van der Waals surface area (Å²) < 4.78 is 8.01. The van der Waals surface area contributed by atoms with Crippen LogP contribution >= 0.6 is 0 Å². The number of para-hydroxylation sites is 2. The fourth-order valence-corrected chi connectivity index (χ4v) is 2.68. The molecule has 0 radical (unpaired) electrons. The van der Waals surface area contributed by atoms with Gasteiger partial charge in [0.1, 0.15) is 5.75 Å². The maximum absolute atomic E-state index is 5.69. The first-order valence-electron chi connectivity index (χ1n) is 6.43. The SMILES string of the molecule is C1=COc2ccccc2-c2cc3ccccc3n2C1. The Morgan fingerprint density at radius 3 is 2.79 bits per heavy atom. The smallest absolute Gasteiger partial charge is 0.135 e. The van der Waals surface area contributed by atoms with E-state index < -0.39 is 0 Å². The van der Waals surface area contributed by atoms with Crippen LogP contribution in [0.15, 0.2) is 66.9 Å². The standard InChI is InChI=1S/C17H13NO/c1-3-8-15-13(6-1)12-16-14-7-2-4-9-17(14)19-11-5-10-18(15)16/h1-9,11-12H,10H2. The fourth-order valence-electron chi connectivity index (χ4n) is 2.68. The Morgan fingerprint density at radius 1 is 0.947 bits per heavy atom. The molecule has 0 fully saturated rings. The molecule has 0 N–H and O–H groups in total. The molecule has 1 aliphatic rings. The third-order valence-corrected chi connectivity index (χ3v) is 3.55. The van der Waals surface area contributed by atoms with Crippen LogP contribution < -0.4 is 4.74 Å². The van der Waals surface area contributed by atoms with Crippen molar-refractivity contribution in [1.29, 1.82) is 0 Å². The monoisotopic (exact) mass is 247 g/mol. The van der Waals surface area contributed by atoms with Gasteiger partial charge < -0.3 is 9.30 Å². The minimum atomic E-state index is 0.831. The lowest BCUT2D eigenvalue weighted by Crippen LogP contribution is -2.01. The maximum Gasteiger partial charge on any atom is 0.135 e. The average molecular weight is 247 g/mol.